The number of hydrogen-bond acceptors (Lipinski definition) is 4. The summed E-state index contributed by atoms with van der Waals surface area (Å²) < 4.78 is 5.23. The topological polar surface area (TPSA) is 107 Å². The third kappa shape index (κ3) is 3.79. The first-order valence-electron chi connectivity index (χ1n) is 5.42. The van der Waals surface area contributed by atoms with Gasteiger partial charge in [-0.05, 0) is 13.3 Å². The Labute approximate surface area is 94.7 Å². The van der Waals surface area contributed by atoms with Crippen molar-refractivity contribution < 1.29 is 14.3 Å². The molecule has 0 radical (unpaired) electrons. The average molecular weight is 229 g/mol. The van der Waals surface area contributed by atoms with Crippen LogP contribution in [0, 0.1) is 5.92 Å². The number of nitrogens with one attached hydrogen (secondary N) is 1. The molecule has 1 fully saturated rings. The molecule has 0 bridgehead atoms. The number of carbonyl (C=O) groups excluding carboxylic acids is 2. The molecule has 3 atom stereocenters. The molecule has 1 aliphatic rings. The summed E-state index contributed by atoms with van der Waals surface area (Å²) >= 11 is 0. The molecule has 5 N–H and O–H groups in total. The zero-order valence-electron chi connectivity index (χ0n) is 9.44. The zero-order chi connectivity index (χ0) is 12.1. The lowest BCUT2D eigenvalue weighted by atomic mass is 10.0. The van der Waals surface area contributed by atoms with E-state index in [1.807, 2.05) is 6.92 Å². The molecular weight excluding hydrogens is 210 g/mol. The van der Waals surface area contributed by atoms with E-state index in [1.54, 1.807) is 0 Å². The number of carbonyl (C=O) groups is 2. The summed E-state index contributed by atoms with van der Waals surface area (Å²) in [6.45, 7) is 3.30. The molecule has 92 valence electrons. The SMILES string of the molecule is CC(NC(=O)C(N)CC(N)=O)C1CCOC1. The third-order valence-corrected chi connectivity index (χ3v) is 2.80. The van der Waals surface area contributed by atoms with Gasteiger partial charge in [0.05, 0.1) is 19.1 Å². The highest BCUT2D eigenvalue weighted by atomic mass is 16.5. The van der Waals surface area contributed by atoms with Gasteiger partial charge in [-0.15, -0.1) is 0 Å². The Balaban J connectivity index is 2.34. The van der Waals surface area contributed by atoms with Crippen molar-refractivity contribution in [2.24, 2.45) is 17.4 Å². The summed E-state index contributed by atoms with van der Waals surface area (Å²) in [4.78, 5) is 22.2. The molecule has 6 nitrogen and oxygen atoms in total. The van der Waals surface area contributed by atoms with Crippen LogP contribution >= 0.6 is 0 Å². The molecule has 0 aliphatic carbocycles. The fraction of sp³-hybridized carbons (Fsp3) is 0.800. The quantitative estimate of drug-likeness (QED) is 0.546. The van der Waals surface area contributed by atoms with Crippen LogP contribution in [0.1, 0.15) is 19.8 Å². The molecule has 1 aliphatic heterocycles. The Hall–Kier alpha value is -1.14. The summed E-state index contributed by atoms with van der Waals surface area (Å²) in [6.07, 6.45) is 0.812. The number of nitrogens with two attached hydrogens (primary N) is 2. The fourth-order valence-corrected chi connectivity index (χ4v) is 1.71. The average Bonchev–Trinajstić information content (AvgIpc) is 2.68. The molecular formula is C10H19N3O3. The smallest absolute Gasteiger partial charge is 0.237 e. The lowest BCUT2D eigenvalue weighted by Gasteiger charge is -2.21. The predicted molar refractivity (Wildman–Crippen MR) is 58.3 cm³/mol. The maximum atomic E-state index is 11.6. The minimum Gasteiger partial charge on any atom is -0.381 e. The maximum Gasteiger partial charge on any atom is 0.237 e. The Kier molecular flexibility index (Phi) is 4.70. The molecule has 0 aromatic carbocycles. The molecule has 0 aromatic heterocycles. The van der Waals surface area contributed by atoms with Crippen LogP contribution in [0.5, 0.6) is 0 Å². The molecule has 16 heavy (non-hydrogen) atoms. The number of amides is 2. The van der Waals surface area contributed by atoms with E-state index >= 15 is 0 Å². The second-order valence-corrected chi connectivity index (χ2v) is 4.20. The maximum absolute atomic E-state index is 11.6. The number of rotatable bonds is 5. The lowest BCUT2D eigenvalue weighted by Crippen LogP contribution is -2.48. The van der Waals surface area contributed by atoms with E-state index < -0.39 is 11.9 Å². The number of hydrogen-bond donors (Lipinski definition) is 3. The van der Waals surface area contributed by atoms with Crippen LogP contribution in [0.4, 0.5) is 0 Å². The first-order valence-corrected chi connectivity index (χ1v) is 5.42. The molecule has 1 rings (SSSR count). The van der Waals surface area contributed by atoms with Crippen LogP contribution in [-0.4, -0.2) is 37.1 Å². The highest BCUT2D eigenvalue weighted by Crippen LogP contribution is 2.16. The van der Waals surface area contributed by atoms with Gasteiger partial charge in [-0.2, -0.15) is 0 Å². The summed E-state index contributed by atoms with van der Waals surface area (Å²) in [6, 6.07) is -0.851. The number of ether oxygens (including phenoxy) is 1. The van der Waals surface area contributed by atoms with Gasteiger partial charge < -0.3 is 21.5 Å². The Morgan fingerprint density at radius 3 is 2.75 bits per heavy atom. The summed E-state index contributed by atoms with van der Waals surface area (Å²) in [5.74, 6) is -0.581. The van der Waals surface area contributed by atoms with E-state index in [2.05, 4.69) is 5.32 Å². The van der Waals surface area contributed by atoms with Crippen LogP contribution in [-0.2, 0) is 14.3 Å². The monoisotopic (exact) mass is 229 g/mol. The van der Waals surface area contributed by atoms with Crippen molar-refractivity contribution in [3.8, 4) is 0 Å². The van der Waals surface area contributed by atoms with Crippen molar-refractivity contribution in [2.45, 2.75) is 31.8 Å². The van der Waals surface area contributed by atoms with Crippen molar-refractivity contribution in [1.82, 2.24) is 5.32 Å². The number of primary amides is 1. The first kappa shape index (κ1) is 12.9. The normalized spacial score (nSPS) is 23.8. The van der Waals surface area contributed by atoms with Crippen LogP contribution in [0.15, 0.2) is 0 Å². The Morgan fingerprint density at radius 2 is 2.25 bits per heavy atom. The van der Waals surface area contributed by atoms with E-state index in [0.29, 0.717) is 12.5 Å². The minimum absolute atomic E-state index is 0.00827. The highest BCUT2D eigenvalue weighted by molar-refractivity contribution is 5.87. The second kappa shape index (κ2) is 5.81. The van der Waals surface area contributed by atoms with E-state index in [0.717, 1.165) is 13.0 Å². The highest BCUT2D eigenvalue weighted by Gasteiger charge is 2.25. The standard InChI is InChI=1S/C10H19N3O3/c1-6(7-2-3-16-5-7)13-10(15)8(11)4-9(12)14/h6-8H,2-5,11H2,1H3,(H2,12,14)(H,13,15). The Morgan fingerprint density at radius 1 is 1.56 bits per heavy atom. The van der Waals surface area contributed by atoms with E-state index in [4.69, 9.17) is 16.2 Å². The van der Waals surface area contributed by atoms with Crippen LogP contribution in [0.25, 0.3) is 0 Å². The van der Waals surface area contributed by atoms with Gasteiger partial charge in [0.2, 0.25) is 11.8 Å². The molecule has 1 saturated heterocycles. The first-order chi connectivity index (χ1) is 7.50. The van der Waals surface area contributed by atoms with Crippen molar-refractivity contribution in [2.75, 3.05) is 13.2 Å². The minimum atomic E-state index is -0.859. The van der Waals surface area contributed by atoms with E-state index in [-0.39, 0.29) is 18.4 Å². The van der Waals surface area contributed by atoms with Gasteiger partial charge in [0.25, 0.3) is 0 Å². The molecule has 0 aromatic rings. The van der Waals surface area contributed by atoms with Crippen molar-refractivity contribution in [3.63, 3.8) is 0 Å². The van der Waals surface area contributed by atoms with Crippen LogP contribution in [0.2, 0.25) is 0 Å². The second-order valence-electron chi connectivity index (χ2n) is 4.20. The Bertz CT molecular complexity index is 264. The third-order valence-electron chi connectivity index (χ3n) is 2.80. The molecule has 0 spiro atoms. The van der Waals surface area contributed by atoms with Gasteiger partial charge in [0.1, 0.15) is 0 Å². The van der Waals surface area contributed by atoms with E-state index in [9.17, 15) is 9.59 Å². The fourth-order valence-electron chi connectivity index (χ4n) is 1.71. The van der Waals surface area contributed by atoms with Crippen molar-refractivity contribution in [3.05, 3.63) is 0 Å². The van der Waals surface area contributed by atoms with Crippen molar-refractivity contribution >= 4 is 11.8 Å². The van der Waals surface area contributed by atoms with Gasteiger partial charge in [-0.25, -0.2) is 0 Å². The largest absolute Gasteiger partial charge is 0.381 e. The summed E-state index contributed by atoms with van der Waals surface area (Å²) in [7, 11) is 0. The van der Waals surface area contributed by atoms with Gasteiger partial charge >= 0.3 is 0 Å². The van der Waals surface area contributed by atoms with Crippen LogP contribution < -0.4 is 16.8 Å². The van der Waals surface area contributed by atoms with Gasteiger partial charge in [0, 0.05) is 18.6 Å². The van der Waals surface area contributed by atoms with Gasteiger partial charge in [-0.1, -0.05) is 0 Å². The molecule has 3 unspecified atom stereocenters. The molecule has 6 heteroatoms. The predicted octanol–water partition coefficient (Wildman–Crippen LogP) is -1.27. The van der Waals surface area contributed by atoms with Gasteiger partial charge in [0.15, 0.2) is 0 Å². The molecule has 1 heterocycles. The van der Waals surface area contributed by atoms with E-state index in [1.165, 1.54) is 0 Å². The van der Waals surface area contributed by atoms with Gasteiger partial charge in [-0.3, -0.25) is 9.59 Å². The summed E-state index contributed by atoms with van der Waals surface area (Å²) in [5.41, 5.74) is 10.5. The zero-order valence-corrected chi connectivity index (χ0v) is 9.44. The summed E-state index contributed by atoms with van der Waals surface area (Å²) in [5, 5.41) is 2.78. The molecule has 0 saturated carbocycles. The van der Waals surface area contributed by atoms with Crippen LogP contribution in [0.3, 0.4) is 0 Å². The lowest BCUT2D eigenvalue weighted by molar-refractivity contribution is -0.127. The van der Waals surface area contributed by atoms with Crippen molar-refractivity contribution in [1.29, 1.82) is 0 Å². The molecule has 2 amide bonds.